The number of halogens is 3. The molecule has 9 heteroatoms. The molecule has 2 aromatic carbocycles. The van der Waals surface area contributed by atoms with Gasteiger partial charge < -0.3 is 14.8 Å². The van der Waals surface area contributed by atoms with Gasteiger partial charge in [-0.1, -0.05) is 12.1 Å². The van der Waals surface area contributed by atoms with Crippen molar-refractivity contribution >= 4 is 17.6 Å². The van der Waals surface area contributed by atoms with Gasteiger partial charge in [0.25, 0.3) is 5.91 Å². The van der Waals surface area contributed by atoms with Gasteiger partial charge in [-0.2, -0.15) is 18.4 Å². The van der Waals surface area contributed by atoms with Crippen LogP contribution in [0.15, 0.2) is 48.5 Å². The van der Waals surface area contributed by atoms with E-state index >= 15 is 0 Å². The first kappa shape index (κ1) is 20.8. The van der Waals surface area contributed by atoms with Gasteiger partial charge in [0.2, 0.25) is 0 Å². The molecule has 0 unspecified atom stereocenters. The predicted octanol–water partition coefficient (Wildman–Crippen LogP) is 3.53. The molecule has 0 aromatic heterocycles. The van der Waals surface area contributed by atoms with Crippen molar-refractivity contribution in [2.75, 3.05) is 11.9 Å². The van der Waals surface area contributed by atoms with E-state index in [0.717, 1.165) is 12.1 Å². The molecule has 0 bridgehead atoms. The van der Waals surface area contributed by atoms with Crippen molar-refractivity contribution in [3.8, 4) is 11.8 Å². The molecule has 0 radical (unpaired) electrons. The number of alkyl halides is 3. The summed E-state index contributed by atoms with van der Waals surface area (Å²) in [6.07, 6.45) is -5.70. The SMILES string of the molecule is C[C@H](Oc1ccc(C#N)cc1)C(=O)OCC(=O)Nc1ccccc1C(F)(F)F. The van der Waals surface area contributed by atoms with Crippen molar-refractivity contribution < 1.29 is 32.2 Å². The first-order valence-corrected chi connectivity index (χ1v) is 8.00. The monoisotopic (exact) mass is 392 g/mol. The molecule has 0 saturated heterocycles. The second-order valence-electron chi connectivity index (χ2n) is 5.60. The molecule has 0 aliphatic heterocycles. The first-order valence-electron chi connectivity index (χ1n) is 8.00. The standard InChI is InChI=1S/C19H15F3N2O4/c1-12(28-14-8-6-13(10-23)7-9-14)18(26)27-11-17(25)24-16-5-3-2-4-15(16)19(20,21)22/h2-9,12H,11H2,1H3,(H,24,25)/t12-/m0/s1. The molecular weight excluding hydrogens is 377 g/mol. The van der Waals surface area contributed by atoms with Crippen LogP contribution in [-0.2, 0) is 20.5 Å². The third kappa shape index (κ3) is 5.74. The lowest BCUT2D eigenvalue weighted by atomic mass is 10.1. The minimum absolute atomic E-state index is 0.312. The number of carbonyl (C=O) groups excluding carboxylic acids is 2. The van der Waals surface area contributed by atoms with Crippen molar-refractivity contribution in [1.82, 2.24) is 0 Å². The van der Waals surface area contributed by atoms with Crippen LogP contribution in [0.5, 0.6) is 5.75 Å². The minimum atomic E-state index is -4.63. The summed E-state index contributed by atoms with van der Waals surface area (Å²) in [6, 6.07) is 12.4. The van der Waals surface area contributed by atoms with Crippen molar-refractivity contribution in [3.63, 3.8) is 0 Å². The summed E-state index contributed by atoms with van der Waals surface area (Å²) < 4.78 is 48.8. The number of nitrogens with zero attached hydrogens (tertiary/aromatic N) is 1. The molecular formula is C19H15F3N2O4. The smallest absolute Gasteiger partial charge is 0.418 e. The van der Waals surface area contributed by atoms with E-state index in [1.54, 1.807) is 0 Å². The van der Waals surface area contributed by atoms with Crippen LogP contribution in [0, 0.1) is 11.3 Å². The lowest BCUT2D eigenvalue weighted by Gasteiger charge is -2.15. The number of nitriles is 1. The maximum atomic E-state index is 12.9. The highest BCUT2D eigenvalue weighted by atomic mass is 19.4. The third-order valence-electron chi connectivity index (χ3n) is 3.48. The van der Waals surface area contributed by atoms with Crippen molar-refractivity contribution in [1.29, 1.82) is 5.26 Å². The Morgan fingerprint density at radius 1 is 1.14 bits per heavy atom. The molecule has 2 aromatic rings. The Bertz CT molecular complexity index is 889. The second-order valence-corrected chi connectivity index (χ2v) is 5.60. The van der Waals surface area contributed by atoms with Crippen LogP contribution < -0.4 is 10.1 Å². The van der Waals surface area contributed by atoms with E-state index < -0.39 is 42.0 Å². The molecule has 0 aliphatic rings. The fraction of sp³-hybridized carbons (Fsp3) is 0.211. The fourth-order valence-electron chi connectivity index (χ4n) is 2.14. The van der Waals surface area contributed by atoms with E-state index in [4.69, 9.17) is 14.7 Å². The molecule has 146 valence electrons. The molecule has 1 amide bonds. The number of benzene rings is 2. The number of ether oxygens (including phenoxy) is 2. The van der Waals surface area contributed by atoms with Crippen molar-refractivity contribution in [2.45, 2.75) is 19.2 Å². The third-order valence-corrected chi connectivity index (χ3v) is 3.48. The highest BCUT2D eigenvalue weighted by molar-refractivity contribution is 5.93. The number of amides is 1. The van der Waals surface area contributed by atoms with E-state index in [2.05, 4.69) is 5.32 Å². The number of hydrogen-bond acceptors (Lipinski definition) is 5. The fourth-order valence-corrected chi connectivity index (χ4v) is 2.14. The largest absolute Gasteiger partial charge is 0.479 e. The Labute approximate surface area is 158 Å². The molecule has 28 heavy (non-hydrogen) atoms. The Kier molecular flexibility index (Phi) is 6.60. The number of anilines is 1. The number of carbonyl (C=O) groups is 2. The van der Waals surface area contributed by atoms with E-state index in [1.165, 1.54) is 43.3 Å². The summed E-state index contributed by atoms with van der Waals surface area (Å²) in [7, 11) is 0. The van der Waals surface area contributed by atoms with Crippen molar-refractivity contribution in [2.24, 2.45) is 0 Å². The average Bonchev–Trinajstić information content (AvgIpc) is 2.66. The van der Waals surface area contributed by atoms with E-state index in [9.17, 15) is 22.8 Å². The zero-order valence-electron chi connectivity index (χ0n) is 14.6. The van der Waals surface area contributed by atoms with Gasteiger partial charge in [-0.3, -0.25) is 4.79 Å². The van der Waals surface area contributed by atoms with E-state index in [1.807, 2.05) is 6.07 Å². The minimum Gasteiger partial charge on any atom is -0.479 e. The summed E-state index contributed by atoms with van der Waals surface area (Å²) >= 11 is 0. The zero-order valence-corrected chi connectivity index (χ0v) is 14.6. The maximum Gasteiger partial charge on any atom is 0.418 e. The Balaban J connectivity index is 1.88. The quantitative estimate of drug-likeness (QED) is 0.760. The summed E-state index contributed by atoms with van der Waals surface area (Å²) in [5.74, 6) is -1.48. The van der Waals surface area contributed by atoms with Crippen LogP contribution in [0.3, 0.4) is 0 Å². The normalized spacial score (nSPS) is 11.8. The number of nitrogens with one attached hydrogen (secondary N) is 1. The molecule has 6 nitrogen and oxygen atoms in total. The Morgan fingerprint density at radius 3 is 2.39 bits per heavy atom. The van der Waals surface area contributed by atoms with Gasteiger partial charge in [-0.25, -0.2) is 4.79 Å². The van der Waals surface area contributed by atoms with Crippen LogP contribution >= 0.6 is 0 Å². The van der Waals surface area contributed by atoms with Crippen LogP contribution in [0.4, 0.5) is 18.9 Å². The lowest BCUT2D eigenvalue weighted by molar-refractivity contribution is -0.153. The van der Waals surface area contributed by atoms with Crippen LogP contribution in [0.1, 0.15) is 18.1 Å². The van der Waals surface area contributed by atoms with Crippen LogP contribution in [-0.4, -0.2) is 24.6 Å². The van der Waals surface area contributed by atoms with Gasteiger partial charge in [0.15, 0.2) is 12.7 Å². The molecule has 0 heterocycles. The Hall–Kier alpha value is -3.54. The first-order chi connectivity index (χ1) is 13.2. The van der Waals surface area contributed by atoms with E-state index in [-0.39, 0.29) is 0 Å². The van der Waals surface area contributed by atoms with Crippen molar-refractivity contribution in [3.05, 3.63) is 59.7 Å². The summed E-state index contributed by atoms with van der Waals surface area (Å²) in [5.41, 5.74) is -1.02. The van der Waals surface area contributed by atoms with E-state index in [0.29, 0.717) is 11.3 Å². The molecule has 0 saturated carbocycles. The van der Waals surface area contributed by atoms with Gasteiger partial charge >= 0.3 is 12.1 Å². The molecule has 0 aliphatic carbocycles. The van der Waals surface area contributed by atoms with Gasteiger partial charge in [0.05, 0.1) is 22.9 Å². The lowest BCUT2D eigenvalue weighted by Crippen LogP contribution is -2.30. The zero-order chi connectivity index (χ0) is 20.7. The van der Waals surface area contributed by atoms with Gasteiger partial charge in [-0.15, -0.1) is 0 Å². The molecule has 1 atom stereocenters. The molecule has 0 fully saturated rings. The number of hydrogen-bond donors (Lipinski definition) is 1. The molecule has 1 N–H and O–H groups in total. The summed E-state index contributed by atoms with van der Waals surface area (Å²) in [4.78, 5) is 23.7. The highest BCUT2D eigenvalue weighted by Crippen LogP contribution is 2.34. The number of esters is 1. The van der Waals surface area contributed by atoms with Gasteiger partial charge in [0.1, 0.15) is 5.75 Å². The highest BCUT2D eigenvalue weighted by Gasteiger charge is 2.33. The Morgan fingerprint density at radius 2 is 1.79 bits per heavy atom. The maximum absolute atomic E-state index is 12.9. The molecule has 2 rings (SSSR count). The topological polar surface area (TPSA) is 88.4 Å². The van der Waals surface area contributed by atoms with Gasteiger partial charge in [-0.05, 0) is 43.3 Å². The average molecular weight is 392 g/mol. The van der Waals surface area contributed by atoms with Gasteiger partial charge in [0, 0.05) is 0 Å². The van der Waals surface area contributed by atoms with Crippen LogP contribution in [0.25, 0.3) is 0 Å². The second kappa shape index (κ2) is 8.90. The molecule has 0 spiro atoms. The van der Waals surface area contributed by atoms with Crippen LogP contribution in [0.2, 0.25) is 0 Å². The summed E-state index contributed by atoms with van der Waals surface area (Å²) in [5, 5.41) is 10.8. The predicted molar refractivity (Wildman–Crippen MR) is 92.3 cm³/mol. The number of rotatable bonds is 6. The summed E-state index contributed by atoms with van der Waals surface area (Å²) in [6.45, 7) is 0.615. The number of para-hydroxylation sites is 1.